The molecular weight excluding hydrogens is 269 g/mol. The lowest BCUT2D eigenvalue weighted by atomic mass is 9.76. The summed E-state index contributed by atoms with van der Waals surface area (Å²) in [7, 11) is 1.53. The summed E-state index contributed by atoms with van der Waals surface area (Å²) >= 11 is 0. The Morgan fingerprint density at radius 3 is 2.67 bits per heavy atom. The topological polar surface area (TPSA) is 41.5 Å². The molecule has 3 rings (SSSR count). The highest BCUT2D eigenvalue weighted by Gasteiger charge is 2.30. The van der Waals surface area contributed by atoms with E-state index in [0.29, 0.717) is 17.7 Å². The number of methoxy groups -OCH3 is 1. The van der Waals surface area contributed by atoms with Crippen molar-refractivity contribution in [2.45, 2.75) is 24.8 Å². The second kappa shape index (κ2) is 5.64. The van der Waals surface area contributed by atoms with Crippen molar-refractivity contribution in [2.24, 2.45) is 0 Å². The predicted molar refractivity (Wildman–Crippen MR) is 80.4 cm³/mol. The monoisotopic (exact) mass is 287 g/mol. The van der Waals surface area contributed by atoms with Gasteiger partial charge in [0.05, 0.1) is 7.11 Å². The molecule has 0 radical (unpaired) electrons. The highest BCUT2D eigenvalue weighted by Crippen LogP contribution is 2.39. The van der Waals surface area contributed by atoms with Crippen LogP contribution in [-0.2, 0) is 0 Å². The average Bonchev–Trinajstić information content (AvgIpc) is 2.42. The molecule has 21 heavy (non-hydrogen) atoms. The molecule has 0 saturated heterocycles. The van der Waals surface area contributed by atoms with Crippen LogP contribution in [0.25, 0.3) is 0 Å². The summed E-state index contributed by atoms with van der Waals surface area (Å²) in [6.07, 6.45) is 1.94. The maximum Gasteiger partial charge on any atom is 0.160 e. The minimum absolute atomic E-state index is 0.128. The van der Waals surface area contributed by atoms with Crippen LogP contribution in [0.1, 0.15) is 24.3 Å². The van der Waals surface area contributed by atoms with E-state index in [1.54, 1.807) is 24.3 Å². The van der Waals surface area contributed by atoms with E-state index in [1.807, 2.05) is 12.1 Å². The summed E-state index contributed by atoms with van der Waals surface area (Å²) in [5, 5.41) is 13.1. The van der Waals surface area contributed by atoms with Crippen molar-refractivity contribution in [1.29, 1.82) is 0 Å². The molecule has 1 aliphatic rings. The van der Waals surface area contributed by atoms with Gasteiger partial charge in [-0.15, -0.1) is 0 Å². The first-order chi connectivity index (χ1) is 10.2. The first kappa shape index (κ1) is 13.7. The van der Waals surface area contributed by atoms with E-state index >= 15 is 0 Å². The van der Waals surface area contributed by atoms with E-state index in [0.717, 1.165) is 24.1 Å². The molecule has 0 heterocycles. The Kier molecular flexibility index (Phi) is 3.69. The van der Waals surface area contributed by atoms with E-state index in [-0.39, 0.29) is 11.6 Å². The molecule has 0 atom stereocenters. The molecule has 3 nitrogen and oxygen atoms in total. The maximum absolute atomic E-state index is 13.2. The number of hydrogen-bond acceptors (Lipinski definition) is 3. The number of halogens is 1. The molecular formula is C17H18FNO2. The zero-order chi connectivity index (χ0) is 14.8. The highest BCUT2D eigenvalue weighted by molar-refractivity contribution is 5.55. The molecule has 0 aliphatic heterocycles. The third kappa shape index (κ3) is 2.94. The van der Waals surface area contributed by atoms with Crippen molar-refractivity contribution in [3.63, 3.8) is 0 Å². The first-order valence-corrected chi connectivity index (χ1v) is 7.04. The minimum Gasteiger partial charge on any atom is -0.504 e. The number of ether oxygens (including phenoxy) is 1. The van der Waals surface area contributed by atoms with Gasteiger partial charge in [0.25, 0.3) is 0 Å². The number of phenols is 1. The molecule has 1 fully saturated rings. The fourth-order valence-corrected chi connectivity index (χ4v) is 2.78. The number of rotatable bonds is 4. The highest BCUT2D eigenvalue weighted by atomic mass is 19.1. The fourth-order valence-electron chi connectivity index (χ4n) is 2.78. The second-order valence-electron chi connectivity index (χ2n) is 5.45. The molecule has 0 amide bonds. The molecule has 110 valence electrons. The second-order valence-corrected chi connectivity index (χ2v) is 5.45. The van der Waals surface area contributed by atoms with Crippen LogP contribution in [0.15, 0.2) is 42.5 Å². The van der Waals surface area contributed by atoms with Crippen LogP contribution in [0.2, 0.25) is 0 Å². The molecule has 2 aromatic carbocycles. The number of hydrogen-bond donors (Lipinski definition) is 2. The quantitative estimate of drug-likeness (QED) is 0.896. The first-order valence-electron chi connectivity index (χ1n) is 7.04. The molecule has 2 aromatic rings. The van der Waals surface area contributed by atoms with Crippen molar-refractivity contribution < 1.29 is 14.2 Å². The Hall–Kier alpha value is -2.23. The van der Waals surface area contributed by atoms with Crippen molar-refractivity contribution in [3.05, 3.63) is 53.8 Å². The van der Waals surface area contributed by atoms with E-state index in [2.05, 4.69) is 5.32 Å². The summed E-state index contributed by atoms with van der Waals surface area (Å²) in [6.45, 7) is 0. The predicted octanol–water partition coefficient (Wildman–Crippen LogP) is 3.90. The number of benzene rings is 2. The Morgan fingerprint density at radius 1 is 1.19 bits per heavy atom. The molecule has 1 saturated carbocycles. The van der Waals surface area contributed by atoms with Crippen LogP contribution in [-0.4, -0.2) is 18.3 Å². The lowest BCUT2D eigenvalue weighted by Crippen LogP contribution is -2.34. The third-order valence-electron chi connectivity index (χ3n) is 4.01. The minimum atomic E-state index is -0.177. The molecule has 0 bridgehead atoms. The summed E-state index contributed by atoms with van der Waals surface area (Å²) in [5.41, 5.74) is 1.93. The molecule has 0 spiro atoms. The molecule has 2 N–H and O–H groups in total. The van der Waals surface area contributed by atoms with Crippen molar-refractivity contribution in [2.75, 3.05) is 12.4 Å². The van der Waals surface area contributed by atoms with Crippen molar-refractivity contribution in [1.82, 2.24) is 0 Å². The lowest BCUT2D eigenvalue weighted by molar-refractivity contribution is 0.369. The zero-order valence-electron chi connectivity index (χ0n) is 11.8. The van der Waals surface area contributed by atoms with Crippen LogP contribution in [0.3, 0.4) is 0 Å². The molecule has 1 aliphatic carbocycles. The largest absolute Gasteiger partial charge is 0.504 e. The lowest BCUT2D eigenvalue weighted by Gasteiger charge is -2.37. The van der Waals surface area contributed by atoms with Gasteiger partial charge in [0.15, 0.2) is 11.5 Å². The number of nitrogens with one attached hydrogen (secondary N) is 1. The van der Waals surface area contributed by atoms with Gasteiger partial charge in [0.2, 0.25) is 0 Å². The average molecular weight is 287 g/mol. The number of aromatic hydroxyl groups is 1. The van der Waals surface area contributed by atoms with Crippen molar-refractivity contribution >= 4 is 5.69 Å². The molecule has 4 heteroatoms. The fraction of sp³-hybridized carbons (Fsp3) is 0.294. The number of anilines is 1. The normalized spacial score (nSPS) is 20.7. The van der Waals surface area contributed by atoms with Gasteiger partial charge in [0.1, 0.15) is 5.82 Å². The van der Waals surface area contributed by atoms with E-state index < -0.39 is 0 Å². The maximum atomic E-state index is 13.2. The van der Waals surface area contributed by atoms with E-state index in [4.69, 9.17) is 4.74 Å². The standard InChI is InChI=1S/C17H18FNO2/c1-21-17-6-5-14(10-16(17)20)19-15-8-12(9-15)11-3-2-4-13(18)7-11/h2-7,10,12,15,19-20H,8-9H2,1H3. The van der Waals surface area contributed by atoms with E-state index in [9.17, 15) is 9.50 Å². The summed E-state index contributed by atoms with van der Waals surface area (Å²) in [4.78, 5) is 0. The van der Waals surface area contributed by atoms with Crippen LogP contribution in [0.5, 0.6) is 11.5 Å². The Balaban J connectivity index is 1.58. The van der Waals surface area contributed by atoms with Crippen LogP contribution in [0, 0.1) is 5.82 Å². The van der Waals surface area contributed by atoms with Gasteiger partial charge >= 0.3 is 0 Å². The number of phenolic OH excluding ortho intramolecular Hbond substituents is 1. The Labute approximate surface area is 123 Å². The van der Waals surface area contributed by atoms with Crippen molar-refractivity contribution in [3.8, 4) is 11.5 Å². The van der Waals surface area contributed by atoms with Gasteiger partial charge in [0, 0.05) is 17.8 Å². The smallest absolute Gasteiger partial charge is 0.160 e. The van der Waals surface area contributed by atoms with Crippen LogP contribution < -0.4 is 10.1 Å². The van der Waals surface area contributed by atoms with Gasteiger partial charge in [-0.2, -0.15) is 0 Å². The SMILES string of the molecule is COc1ccc(NC2CC(c3cccc(F)c3)C2)cc1O. The molecule has 0 aromatic heterocycles. The van der Waals surface area contributed by atoms with Crippen LogP contribution in [0.4, 0.5) is 10.1 Å². The summed E-state index contributed by atoms with van der Waals surface area (Å²) in [5.74, 6) is 0.823. The molecule has 0 unspecified atom stereocenters. The van der Waals surface area contributed by atoms with Gasteiger partial charge in [-0.1, -0.05) is 12.1 Å². The zero-order valence-corrected chi connectivity index (χ0v) is 11.8. The van der Waals surface area contributed by atoms with Gasteiger partial charge in [-0.3, -0.25) is 0 Å². The van der Waals surface area contributed by atoms with Gasteiger partial charge in [-0.25, -0.2) is 4.39 Å². The Bertz CT molecular complexity index is 638. The van der Waals surface area contributed by atoms with E-state index in [1.165, 1.54) is 13.2 Å². The van der Waals surface area contributed by atoms with Crippen LogP contribution >= 0.6 is 0 Å². The third-order valence-corrected chi connectivity index (χ3v) is 4.01. The Morgan fingerprint density at radius 2 is 2.00 bits per heavy atom. The summed E-state index contributed by atoms with van der Waals surface area (Å²) < 4.78 is 18.2. The van der Waals surface area contributed by atoms with Gasteiger partial charge < -0.3 is 15.2 Å². The summed E-state index contributed by atoms with van der Waals surface area (Å²) in [6, 6.07) is 12.4. The van der Waals surface area contributed by atoms with Gasteiger partial charge in [-0.05, 0) is 48.6 Å².